The van der Waals surface area contributed by atoms with E-state index in [0.717, 1.165) is 24.9 Å². The van der Waals surface area contributed by atoms with Crippen LogP contribution >= 0.6 is 0 Å². The number of hydrogen-bond acceptors (Lipinski definition) is 4. The van der Waals surface area contributed by atoms with Crippen molar-refractivity contribution < 1.29 is 4.79 Å². The number of aromatic amines is 1. The summed E-state index contributed by atoms with van der Waals surface area (Å²) in [4.78, 5) is 24.0. The van der Waals surface area contributed by atoms with Gasteiger partial charge in [-0.15, -0.1) is 0 Å². The van der Waals surface area contributed by atoms with Crippen LogP contribution in [0.3, 0.4) is 0 Å². The zero-order valence-corrected chi connectivity index (χ0v) is 15.2. The zero-order valence-electron chi connectivity index (χ0n) is 15.2. The second-order valence-corrected chi connectivity index (χ2v) is 6.74. The van der Waals surface area contributed by atoms with Gasteiger partial charge in [-0.1, -0.05) is 32.0 Å². The summed E-state index contributed by atoms with van der Waals surface area (Å²) < 4.78 is 0. The Hall–Kier alpha value is -2.89. The van der Waals surface area contributed by atoms with Crippen LogP contribution in [-0.2, 0) is 6.42 Å². The number of anilines is 1. The molecule has 0 aliphatic heterocycles. The van der Waals surface area contributed by atoms with Crippen molar-refractivity contribution in [3.05, 3.63) is 54.0 Å². The summed E-state index contributed by atoms with van der Waals surface area (Å²) in [5, 5.41) is 7.29. The molecule has 3 aromatic rings. The molecule has 0 unspecified atom stereocenters. The fourth-order valence-corrected chi connectivity index (χ4v) is 2.78. The van der Waals surface area contributed by atoms with E-state index in [1.54, 1.807) is 12.3 Å². The average molecular weight is 351 g/mol. The van der Waals surface area contributed by atoms with Crippen LogP contribution in [0.15, 0.2) is 42.7 Å². The fraction of sp³-hybridized carbons (Fsp3) is 0.350. The van der Waals surface area contributed by atoms with Crippen LogP contribution in [0.25, 0.3) is 10.9 Å². The summed E-state index contributed by atoms with van der Waals surface area (Å²) in [6, 6.07) is 9.79. The lowest BCUT2D eigenvalue weighted by atomic mass is 10.1. The van der Waals surface area contributed by atoms with Crippen LogP contribution in [0.1, 0.15) is 36.3 Å². The Morgan fingerprint density at radius 1 is 1.19 bits per heavy atom. The molecule has 3 rings (SSSR count). The topological polar surface area (TPSA) is 82.7 Å². The van der Waals surface area contributed by atoms with Gasteiger partial charge in [0.25, 0.3) is 5.91 Å². The molecule has 0 bridgehead atoms. The van der Waals surface area contributed by atoms with Crippen molar-refractivity contribution >= 4 is 22.8 Å². The van der Waals surface area contributed by atoms with Crippen LogP contribution in [0.5, 0.6) is 0 Å². The van der Waals surface area contributed by atoms with Crippen molar-refractivity contribution in [3.8, 4) is 0 Å². The maximum Gasteiger partial charge on any atom is 0.270 e. The maximum atomic E-state index is 12.3. The highest BCUT2D eigenvalue weighted by atomic mass is 16.1. The standard InChI is InChI=1S/C20H25N5O/c1-14(2)7-10-22-20-23-12-9-18(25-20)19(26)21-11-8-15-13-24-17-6-4-3-5-16(15)17/h3-6,9,12-14,24H,7-8,10-11H2,1-2H3,(H,21,26)(H,22,23,25). The molecule has 6 heteroatoms. The lowest BCUT2D eigenvalue weighted by Crippen LogP contribution is -2.27. The summed E-state index contributed by atoms with van der Waals surface area (Å²) in [6.45, 7) is 5.68. The van der Waals surface area contributed by atoms with E-state index in [-0.39, 0.29) is 5.91 Å². The van der Waals surface area contributed by atoms with Gasteiger partial charge in [-0.3, -0.25) is 4.79 Å². The van der Waals surface area contributed by atoms with E-state index in [1.165, 1.54) is 10.9 Å². The Balaban J connectivity index is 1.53. The number of amides is 1. The monoisotopic (exact) mass is 351 g/mol. The number of benzene rings is 1. The number of H-pyrrole nitrogens is 1. The van der Waals surface area contributed by atoms with Crippen LogP contribution in [-0.4, -0.2) is 33.9 Å². The Kier molecular flexibility index (Phi) is 5.84. The molecule has 2 aromatic heterocycles. The number of aromatic nitrogens is 3. The molecule has 0 radical (unpaired) electrons. The Morgan fingerprint density at radius 3 is 2.88 bits per heavy atom. The predicted octanol–water partition coefficient (Wildman–Crippen LogP) is 3.39. The maximum absolute atomic E-state index is 12.3. The summed E-state index contributed by atoms with van der Waals surface area (Å²) in [5.74, 6) is 0.924. The number of hydrogen-bond donors (Lipinski definition) is 3. The van der Waals surface area contributed by atoms with Gasteiger partial charge in [0.2, 0.25) is 5.95 Å². The van der Waals surface area contributed by atoms with E-state index in [0.29, 0.717) is 24.1 Å². The normalized spacial score (nSPS) is 11.0. The molecular formula is C20H25N5O. The number of carbonyl (C=O) groups is 1. The quantitative estimate of drug-likeness (QED) is 0.581. The van der Waals surface area contributed by atoms with Crippen LogP contribution in [0.2, 0.25) is 0 Å². The van der Waals surface area contributed by atoms with Crippen molar-refractivity contribution in [2.75, 3.05) is 18.4 Å². The van der Waals surface area contributed by atoms with Crippen molar-refractivity contribution in [2.24, 2.45) is 5.92 Å². The first-order chi connectivity index (χ1) is 12.6. The van der Waals surface area contributed by atoms with Gasteiger partial charge >= 0.3 is 0 Å². The lowest BCUT2D eigenvalue weighted by Gasteiger charge is -2.08. The summed E-state index contributed by atoms with van der Waals surface area (Å²) in [7, 11) is 0. The summed E-state index contributed by atoms with van der Waals surface area (Å²) in [6.07, 6.45) is 5.41. The smallest absolute Gasteiger partial charge is 0.270 e. The summed E-state index contributed by atoms with van der Waals surface area (Å²) >= 11 is 0. The highest BCUT2D eigenvalue weighted by Crippen LogP contribution is 2.17. The third-order valence-corrected chi connectivity index (χ3v) is 4.25. The van der Waals surface area contributed by atoms with E-state index in [2.05, 4.69) is 45.5 Å². The molecule has 0 spiro atoms. The first kappa shape index (κ1) is 17.9. The van der Waals surface area contributed by atoms with E-state index in [1.807, 2.05) is 24.4 Å². The number of carbonyl (C=O) groups excluding carboxylic acids is 1. The van der Waals surface area contributed by atoms with E-state index < -0.39 is 0 Å². The number of fused-ring (bicyclic) bond motifs is 1. The average Bonchev–Trinajstić information content (AvgIpc) is 3.05. The third-order valence-electron chi connectivity index (χ3n) is 4.25. The van der Waals surface area contributed by atoms with Gasteiger partial charge in [0.15, 0.2) is 0 Å². The lowest BCUT2D eigenvalue weighted by molar-refractivity contribution is 0.0949. The Labute approximate surface area is 153 Å². The molecule has 0 aliphatic carbocycles. The number of nitrogens with one attached hydrogen (secondary N) is 3. The van der Waals surface area contributed by atoms with Crippen LogP contribution in [0, 0.1) is 5.92 Å². The minimum absolute atomic E-state index is 0.181. The number of para-hydroxylation sites is 1. The van der Waals surface area contributed by atoms with Gasteiger partial charge in [0.05, 0.1) is 0 Å². The van der Waals surface area contributed by atoms with E-state index in [4.69, 9.17) is 0 Å². The molecule has 3 N–H and O–H groups in total. The molecule has 0 aliphatic rings. The molecule has 0 fully saturated rings. The van der Waals surface area contributed by atoms with Crippen molar-refractivity contribution in [3.63, 3.8) is 0 Å². The van der Waals surface area contributed by atoms with Crippen molar-refractivity contribution in [2.45, 2.75) is 26.7 Å². The fourth-order valence-electron chi connectivity index (χ4n) is 2.78. The largest absolute Gasteiger partial charge is 0.361 e. The Bertz CT molecular complexity index is 871. The molecule has 0 atom stereocenters. The van der Waals surface area contributed by atoms with Gasteiger partial charge in [-0.25, -0.2) is 9.97 Å². The van der Waals surface area contributed by atoms with Gasteiger partial charge in [-0.05, 0) is 36.5 Å². The molecule has 1 aromatic carbocycles. The molecular weight excluding hydrogens is 326 g/mol. The SMILES string of the molecule is CC(C)CCNc1nccc(C(=O)NCCc2c[nH]c3ccccc23)n1. The van der Waals surface area contributed by atoms with E-state index >= 15 is 0 Å². The van der Waals surface area contributed by atoms with Gasteiger partial charge in [-0.2, -0.15) is 0 Å². The minimum atomic E-state index is -0.181. The van der Waals surface area contributed by atoms with Crippen molar-refractivity contribution in [1.29, 1.82) is 0 Å². The molecule has 0 saturated heterocycles. The zero-order chi connectivity index (χ0) is 18.4. The molecule has 2 heterocycles. The Morgan fingerprint density at radius 2 is 2.04 bits per heavy atom. The van der Waals surface area contributed by atoms with Crippen molar-refractivity contribution in [1.82, 2.24) is 20.3 Å². The second kappa shape index (κ2) is 8.47. The molecule has 0 saturated carbocycles. The van der Waals surface area contributed by atoms with Gasteiger partial charge in [0, 0.05) is 36.4 Å². The van der Waals surface area contributed by atoms with Crippen LogP contribution < -0.4 is 10.6 Å². The van der Waals surface area contributed by atoms with Gasteiger partial charge in [0.1, 0.15) is 5.69 Å². The molecule has 26 heavy (non-hydrogen) atoms. The predicted molar refractivity (Wildman–Crippen MR) is 104 cm³/mol. The second-order valence-electron chi connectivity index (χ2n) is 6.74. The number of rotatable bonds is 8. The first-order valence-electron chi connectivity index (χ1n) is 9.03. The molecule has 6 nitrogen and oxygen atoms in total. The molecule has 1 amide bonds. The van der Waals surface area contributed by atoms with Gasteiger partial charge < -0.3 is 15.6 Å². The third kappa shape index (κ3) is 4.59. The van der Waals surface area contributed by atoms with E-state index in [9.17, 15) is 4.79 Å². The molecule has 136 valence electrons. The number of nitrogens with zero attached hydrogens (tertiary/aromatic N) is 2. The highest BCUT2D eigenvalue weighted by Gasteiger charge is 2.09. The van der Waals surface area contributed by atoms with Crippen LogP contribution in [0.4, 0.5) is 5.95 Å². The first-order valence-corrected chi connectivity index (χ1v) is 9.03. The minimum Gasteiger partial charge on any atom is -0.361 e. The summed E-state index contributed by atoms with van der Waals surface area (Å²) in [5.41, 5.74) is 2.69. The highest BCUT2D eigenvalue weighted by molar-refractivity contribution is 5.92.